The number of hydrazine groups is 1. The Bertz CT molecular complexity index is 161. The second kappa shape index (κ2) is 6.68. The first-order valence-electron chi connectivity index (χ1n) is 4.21. The number of rotatable bonds is 6. The van der Waals surface area contributed by atoms with Gasteiger partial charge in [0.1, 0.15) is 0 Å². The minimum Gasteiger partial charge on any atom is -0.311 e. The summed E-state index contributed by atoms with van der Waals surface area (Å²) in [6.07, 6.45) is 9.30. The van der Waals surface area contributed by atoms with Crippen molar-refractivity contribution in [1.82, 2.24) is 5.01 Å². The summed E-state index contributed by atoms with van der Waals surface area (Å²) in [5.41, 5.74) is 0. The number of nitrogens with two attached hydrogens (primary N) is 1. The molecule has 0 heterocycles. The van der Waals surface area contributed by atoms with Crippen molar-refractivity contribution in [3.63, 3.8) is 0 Å². The lowest BCUT2D eigenvalue weighted by molar-refractivity contribution is 0.315. The lowest BCUT2D eigenvalue weighted by atomic mass is 10.1. The fraction of sp³-hybridized carbons (Fsp3) is 0.400. The Morgan fingerprint density at radius 1 is 1.50 bits per heavy atom. The van der Waals surface area contributed by atoms with Gasteiger partial charge in [-0.05, 0) is 12.5 Å². The van der Waals surface area contributed by atoms with E-state index >= 15 is 0 Å². The maximum Gasteiger partial charge on any atom is 0.0623 e. The molecule has 0 aliphatic carbocycles. The van der Waals surface area contributed by atoms with E-state index in [0.717, 1.165) is 12.8 Å². The molecule has 2 nitrogen and oxygen atoms in total. The standard InChI is InChI=1S/C10H18N2/c1-4-7-9-12(11)10(6-3)8-5-2/h4,6-7,9-10H,1,3,5,8,11H2,2H3/b9-7-. The lowest BCUT2D eigenvalue weighted by Gasteiger charge is -2.22. The first kappa shape index (κ1) is 11.0. The molecule has 12 heavy (non-hydrogen) atoms. The van der Waals surface area contributed by atoms with Crippen molar-refractivity contribution >= 4 is 0 Å². The van der Waals surface area contributed by atoms with Crippen LogP contribution in [-0.2, 0) is 0 Å². The summed E-state index contributed by atoms with van der Waals surface area (Å²) in [7, 11) is 0. The van der Waals surface area contributed by atoms with Crippen molar-refractivity contribution in [3.05, 3.63) is 37.6 Å². The Labute approximate surface area is 75.0 Å². The number of hydrogen-bond donors (Lipinski definition) is 1. The van der Waals surface area contributed by atoms with E-state index in [4.69, 9.17) is 5.84 Å². The molecular formula is C10H18N2. The van der Waals surface area contributed by atoms with E-state index in [0.29, 0.717) is 0 Å². The van der Waals surface area contributed by atoms with E-state index in [2.05, 4.69) is 20.1 Å². The molecule has 0 radical (unpaired) electrons. The van der Waals surface area contributed by atoms with Gasteiger partial charge in [0.15, 0.2) is 0 Å². The van der Waals surface area contributed by atoms with Crippen molar-refractivity contribution in [1.29, 1.82) is 0 Å². The van der Waals surface area contributed by atoms with E-state index in [1.54, 1.807) is 17.3 Å². The second-order valence-electron chi connectivity index (χ2n) is 2.62. The first-order chi connectivity index (χ1) is 5.76. The van der Waals surface area contributed by atoms with Gasteiger partial charge >= 0.3 is 0 Å². The molecule has 2 N–H and O–H groups in total. The minimum atomic E-state index is 0.228. The Morgan fingerprint density at radius 3 is 2.58 bits per heavy atom. The summed E-state index contributed by atoms with van der Waals surface area (Å²) in [4.78, 5) is 0. The highest BCUT2D eigenvalue weighted by Gasteiger charge is 2.04. The van der Waals surface area contributed by atoms with Crippen molar-refractivity contribution < 1.29 is 0 Å². The summed E-state index contributed by atoms with van der Waals surface area (Å²) in [5, 5.41) is 1.65. The molecule has 0 fully saturated rings. The monoisotopic (exact) mass is 166 g/mol. The zero-order valence-electron chi connectivity index (χ0n) is 7.74. The van der Waals surface area contributed by atoms with Crippen molar-refractivity contribution in [2.24, 2.45) is 5.84 Å². The average molecular weight is 166 g/mol. The van der Waals surface area contributed by atoms with E-state index in [9.17, 15) is 0 Å². The van der Waals surface area contributed by atoms with Gasteiger partial charge in [-0.1, -0.05) is 32.1 Å². The van der Waals surface area contributed by atoms with Crippen LogP contribution in [0.2, 0.25) is 0 Å². The van der Waals surface area contributed by atoms with Crippen LogP contribution in [0.1, 0.15) is 19.8 Å². The molecule has 68 valence electrons. The molecule has 0 amide bonds. The summed E-state index contributed by atoms with van der Waals surface area (Å²) in [6, 6.07) is 0.228. The fourth-order valence-corrected chi connectivity index (χ4v) is 0.955. The van der Waals surface area contributed by atoms with Crippen molar-refractivity contribution in [2.75, 3.05) is 0 Å². The highest BCUT2D eigenvalue weighted by Crippen LogP contribution is 2.04. The summed E-state index contributed by atoms with van der Waals surface area (Å²) in [5.74, 6) is 5.73. The number of hydrogen-bond acceptors (Lipinski definition) is 2. The zero-order chi connectivity index (χ0) is 9.40. The molecule has 0 bridgehead atoms. The molecule has 0 aliphatic heterocycles. The van der Waals surface area contributed by atoms with Gasteiger partial charge in [-0.2, -0.15) is 0 Å². The molecule has 0 rings (SSSR count). The number of nitrogens with zero attached hydrogens (tertiary/aromatic N) is 1. The molecule has 0 aromatic carbocycles. The van der Waals surface area contributed by atoms with Crippen molar-refractivity contribution in [2.45, 2.75) is 25.8 Å². The fourth-order valence-electron chi connectivity index (χ4n) is 0.955. The third-order valence-electron chi connectivity index (χ3n) is 1.63. The van der Waals surface area contributed by atoms with Crippen LogP contribution in [0.5, 0.6) is 0 Å². The largest absolute Gasteiger partial charge is 0.311 e. The average Bonchev–Trinajstić information content (AvgIpc) is 2.10. The Kier molecular flexibility index (Phi) is 6.11. The Hall–Kier alpha value is -1.02. The topological polar surface area (TPSA) is 29.3 Å². The van der Waals surface area contributed by atoms with Gasteiger partial charge < -0.3 is 5.01 Å². The predicted octanol–water partition coefficient (Wildman–Crippen LogP) is 2.22. The van der Waals surface area contributed by atoms with Crippen LogP contribution >= 0.6 is 0 Å². The molecule has 1 atom stereocenters. The van der Waals surface area contributed by atoms with E-state index in [1.165, 1.54) is 0 Å². The smallest absolute Gasteiger partial charge is 0.0623 e. The van der Waals surface area contributed by atoms with Gasteiger partial charge in [0, 0.05) is 6.20 Å². The van der Waals surface area contributed by atoms with Crippen LogP contribution in [0.4, 0.5) is 0 Å². The molecule has 0 spiro atoms. The van der Waals surface area contributed by atoms with Crippen molar-refractivity contribution in [3.8, 4) is 0 Å². The molecule has 0 saturated heterocycles. The zero-order valence-corrected chi connectivity index (χ0v) is 7.74. The molecule has 1 unspecified atom stereocenters. The molecule has 0 aromatic heterocycles. The van der Waals surface area contributed by atoms with E-state index in [-0.39, 0.29) is 6.04 Å². The Balaban J connectivity index is 4.00. The van der Waals surface area contributed by atoms with Crippen LogP contribution in [0.3, 0.4) is 0 Å². The van der Waals surface area contributed by atoms with Crippen LogP contribution in [0, 0.1) is 0 Å². The highest BCUT2D eigenvalue weighted by atomic mass is 15.4. The molecular weight excluding hydrogens is 148 g/mol. The Morgan fingerprint density at radius 2 is 2.17 bits per heavy atom. The van der Waals surface area contributed by atoms with Gasteiger partial charge in [0.25, 0.3) is 0 Å². The summed E-state index contributed by atoms with van der Waals surface area (Å²) in [6.45, 7) is 9.42. The van der Waals surface area contributed by atoms with Gasteiger partial charge in [-0.25, -0.2) is 5.84 Å². The third kappa shape index (κ3) is 3.98. The van der Waals surface area contributed by atoms with Gasteiger partial charge in [-0.3, -0.25) is 0 Å². The molecule has 2 heteroatoms. The van der Waals surface area contributed by atoms with Gasteiger partial charge in [-0.15, -0.1) is 6.58 Å². The second-order valence-corrected chi connectivity index (χ2v) is 2.62. The van der Waals surface area contributed by atoms with E-state index in [1.807, 2.05) is 12.2 Å². The van der Waals surface area contributed by atoms with E-state index < -0.39 is 0 Å². The minimum absolute atomic E-state index is 0.228. The van der Waals surface area contributed by atoms with Crippen LogP contribution in [-0.4, -0.2) is 11.1 Å². The molecule has 0 aliphatic rings. The first-order valence-corrected chi connectivity index (χ1v) is 4.21. The highest BCUT2D eigenvalue weighted by molar-refractivity contribution is 4.99. The molecule has 0 aromatic rings. The maximum atomic E-state index is 5.73. The van der Waals surface area contributed by atoms with Crippen LogP contribution in [0.15, 0.2) is 37.6 Å². The van der Waals surface area contributed by atoms with Crippen LogP contribution in [0.25, 0.3) is 0 Å². The summed E-state index contributed by atoms with van der Waals surface area (Å²) < 4.78 is 0. The van der Waals surface area contributed by atoms with Crippen LogP contribution < -0.4 is 5.84 Å². The number of allylic oxidation sites excluding steroid dienone is 2. The molecule has 0 saturated carbocycles. The SMILES string of the molecule is C=C/C=C\N(N)C(C=C)CCC. The quantitative estimate of drug-likeness (QED) is 0.284. The normalized spacial score (nSPS) is 12.8. The van der Waals surface area contributed by atoms with Gasteiger partial charge in [0.2, 0.25) is 0 Å². The summed E-state index contributed by atoms with van der Waals surface area (Å²) >= 11 is 0. The third-order valence-corrected chi connectivity index (χ3v) is 1.63. The maximum absolute atomic E-state index is 5.73. The van der Waals surface area contributed by atoms with Gasteiger partial charge in [0.05, 0.1) is 6.04 Å². The lowest BCUT2D eigenvalue weighted by Crippen LogP contribution is -2.34. The predicted molar refractivity (Wildman–Crippen MR) is 54.3 cm³/mol.